The van der Waals surface area contributed by atoms with Crippen LogP contribution in [0.4, 0.5) is 0 Å². The van der Waals surface area contributed by atoms with Crippen molar-refractivity contribution in [2.24, 2.45) is 0 Å². The number of carbonyl (C=O) groups is 1. The number of amides is 1. The van der Waals surface area contributed by atoms with Crippen LogP contribution in [-0.2, 0) is 13.2 Å². The lowest BCUT2D eigenvalue weighted by atomic mass is 10.2. The van der Waals surface area contributed by atoms with Gasteiger partial charge in [0.15, 0.2) is 0 Å². The highest BCUT2D eigenvalue weighted by Gasteiger charge is 2.07. The Labute approximate surface area is 158 Å². The van der Waals surface area contributed by atoms with Crippen LogP contribution in [0.25, 0.3) is 0 Å². The second kappa shape index (κ2) is 9.11. The Morgan fingerprint density at radius 3 is 2.42 bits per heavy atom. The van der Waals surface area contributed by atoms with Crippen molar-refractivity contribution in [1.29, 1.82) is 0 Å². The van der Waals surface area contributed by atoms with E-state index in [4.69, 9.17) is 4.74 Å². The van der Waals surface area contributed by atoms with Crippen LogP contribution in [0.3, 0.4) is 0 Å². The predicted molar refractivity (Wildman–Crippen MR) is 107 cm³/mol. The molecule has 0 aromatic heterocycles. The van der Waals surface area contributed by atoms with Crippen LogP contribution >= 0.6 is 11.8 Å². The van der Waals surface area contributed by atoms with Crippen molar-refractivity contribution >= 4 is 17.7 Å². The van der Waals surface area contributed by atoms with E-state index in [1.165, 1.54) is 4.90 Å². The maximum absolute atomic E-state index is 12.4. The molecule has 0 fully saturated rings. The van der Waals surface area contributed by atoms with Gasteiger partial charge in [-0.1, -0.05) is 48.5 Å². The van der Waals surface area contributed by atoms with Crippen molar-refractivity contribution in [2.45, 2.75) is 18.0 Å². The number of ether oxygens (including phenoxy) is 1. The summed E-state index contributed by atoms with van der Waals surface area (Å²) in [5.74, 6) is 0.579. The predicted octanol–water partition coefficient (Wildman–Crippen LogP) is 4.92. The third-order valence-electron chi connectivity index (χ3n) is 3.96. The summed E-state index contributed by atoms with van der Waals surface area (Å²) < 4.78 is 5.79. The van der Waals surface area contributed by atoms with Crippen LogP contribution < -0.4 is 10.1 Å². The summed E-state index contributed by atoms with van der Waals surface area (Å²) in [6, 6.07) is 25.4. The lowest BCUT2D eigenvalue weighted by molar-refractivity contribution is 0.0950. The summed E-state index contributed by atoms with van der Waals surface area (Å²) in [7, 11) is 0. The minimum atomic E-state index is -0.107. The molecule has 0 aliphatic carbocycles. The van der Waals surface area contributed by atoms with Crippen LogP contribution in [0.1, 0.15) is 21.5 Å². The largest absolute Gasteiger partial charge is 0.489 e. The van der Waals surface area contributed by atoms with E-state index < -0.39 is 0 Å². The Kier molecular flexibility index (Phi) is 6.34. The maximum Gasteiger partial charge on any atom is 0.251 e. The van der Waals surface area contributed by atoms with Crippen molar-refractivity contribution in [1.82, 2.24) is 5.32 Å². The Morgan fingerprint density at radius 2 is 1.69 bits per heavy atom. The van der Waals surface area contributed by atoms with Crippen LogP contribution in [0.2, 0.25) is 0 Å². The van der Waals surface area contributed by atoms with Gasteiger partial charge in [-0.25, -0.2) is 0 Å². The first kappa shape index (κ1) is 18.1. The first-order valence-corrected chi connectivity index (χ1v) is 9.65. The van der Waals surface area contributed by atoms with Crippen LogP contribution in [0, 0.1) is 0 Å². The molecule has 3 aromatic rings. The van der Waals surface area contributed by atoms with Gasteiger partial charge in [0.1, 0.15) is 12.4 Å². The van der Waals surface area contributed by atoms with E-state index in [2.05, 4.69) is 17.4 Å². The summed E-state index contributed by atoms with van der Waals surface area (Å²) in [4.78, 5) is 13.6. The Morgan fingerprint density at radius 1 is 0.923 bits per heavy atom. The molecule has 0 spiro atoms. The highest BCUT2D eigenvalue weighted by molar-refractivity contribution is 7.98. The monoisotopic (exact) mass is 363 g/mol. The number of hydrogen-bond acceptors (Lipinski definition) is 3. The van der Waals surface area contributed by atoms with Crippen molar-refractivity contribution in [3.8, 4) is 5.75 Å². The van der Waals surface area contributed by atoms with Gasteiger partial charge in [-0.2, -0.15) is 0 Å². The zero-order valence-corrected chi connectivity index (χ0v) is 15.5. The molecule has 3 nitrogen and oxygen atoms in total. The molecule has 0 aliphatic rings. The molecule has 3 rings (SSSR count). The lowest BCUT2D eigenvalue weighted by Crippen LogP contribution is -2.22. The van der Waals surface area contributed by atoms with E-state index in [1.807, 2.05) is 60.9 Å². The van der Waals surface area contributed by atoms with Crippen molar-refractivity contribution in [2.75, 3.05) is 6.26 Å². The molecule has 4 heteroatoms. The number of thioether (sulfide) groups is 1. The zero-order valence-electron chi connectivity index (χ0n) is 14.6. The topological polar surface area (TPSA) is 38.3 Å². The van der Waals surface area contributed by atoms with Gasteiger partial charge in [-0.05, 0) is 47.7 Å². The van der Waals surface area contributed by atoms with E-state index in [1.54, 1.807) is 23.9 Å². The molecule has 0 unspecified atom stereocenters. The summed E-state index contributed by atoms with van der Waals surface area (Å²) in [6.07, 6.45) is 2.05. The molecule has 0 saturated heterocycles. The third-order valence-corrected chi connectivity index (χ3v) is 4.70. The van der Waals surface area contributed by atoms with Crippen molar-refractivity contribution in [3.05, 3.63) is 95.6 Å². The SMILES string of the molecule is CSc1ccc(CNC(=O)c2cccc(OCc3ccccc3)c2)cc1. The fourth-order valence-electron chi connectivity index (χ4n) is 2.50. The summed E-state index contributed by atoms with van der Waals surface area (Å²) >= 11 is 1.70. The number of hydrogen-bond donors (Lipinski definition) is 1. The Hall–Kier alpha value is -2.72. The van der Waals surface area contributed by atoms with Crippen molar-refractivity contribution in [3.63, 3.8) is 0 Å². The van der Waals surface area contributed by atoms with E-state index in [9.17, 15) is 4.79 Å². The van der Waals surface area contributed by atoms with E-state index in [-0.39, 0.29) is 5.91 Å². The summed E-state index contributed by atoms with van der Waals surface area (Å²) in [5.41, 5.74) is 2.76. The molecule has 0 aliphatic heterocycles. The van der Waals surface area contributed by atoms with Gasteiger partial charge in [0.25, 0.3) is 5.91 Å². The highest BCUT2D eigenvalue weighted by atomic mass is 32.2. The van der Waals surface area contributed by atoms with E-state index in [0.29, 0.717) is 24.5 Å². The fraction of sp³-hybridized carbons (Fsp3) is 0.136. The van der Waals surface area contributed by atoms with Crippen molar-refractivity contribution < 1.29 is 9.53 Å². The second-order valence-electron chi connectivity index (χ2n) is 5.83. The Balaban J connectivity index is 1.57. The minimum absolute atomic E-state index is 0.107. The smallest absolute Gasteiger partial charge is 0.251 e. The molecule has 1 amide bonds. The maximum atomic E-state index is 12.4. The highest BCUT2D eigenvalue weighted by Crippen LogP contribution is 2.16. The number of rotatable bonds is 7. The van der Waals surface area contributed by atoms with Gasteiger partial charge in [0, 0.05) is 17.0 Å². The normalized spacial score (nSPS) is 10.3. The van der Waals surface area contributed by atoms with E-state index in [0.717, 1.165) is 11.1 Å². The number of benzene rings is 3. The number of nitrogens with one attached hydrogen (secondary N) is 1. The average molecular weight is 363 g/mol. The molecule has 0 bridgehead atoms. The van der Waals surface area contributed by atoms with Gasteiger partial charge >= 0.3 is 0 Å². The summed E-state index contributed by atoms with van der Waals surface area (Å²) in [5, 5.41) is 2.95. The lowest BCUT2D eigenvalue weighted by Gasteiger charge is -2.09. The van der Waals surface area contributed by atoms with Gasteiger partial charge in [-0.3, -0.25) is 4.79 Å². The van der Waals surface area contributed by atoms with Crippen LogP contribution in [0.5, 0.6) is 5.75 Å². The molecule has 3 aromatic carbocycles. The van der Waals surface area contributed by atoms with E-state index >= 15 is 0 Å². The fourth-order valence-corrected chi connectivity index (χ4v) is 2.90. The standard InChI is InChI=1S/C22H21NO2S/c1-26-21-12-10-17(11-13-21)15-23-22(24)19-8-5-9-20(14-19)25-16-18-6-3-2-4-7-18/h2-14H,15-16H2,1H3,(H,23,24). The van der Waals surface area contributed by atoms with Gasteiger partial charge < -0.3 is 10.1 Å². The first-order chi connectivity index (χ1) is 12.7. The summed E-state index contributed by atoms with van der Waals surface area (Å²) in [6.45, 7) is 0.982. The molecule has 0 heterocycles. The van der Waals surface area contributed by atoms with Crippen LogP contribution in [-0.4, -0.2) is 12.2 Å². The Bertz CT molecular complexity index is 848. The molecule has 0 saturated carbocycles. The number of carbonyl (C=O) groups excluding carboxylic acids is 1. The van der Waals surface area contributed by atoms with Gasteiger partial charge in [-0.15, -0.1) is 11.8 Å². The molecule has 26 heavy (non-hydrogen) atoms. The minimum Gasteiger partial charge on any atom is -0.489 e. The zero-order chi connectivity index (χ0) is 18.2. The third kappa shape index (κ3) is 5.14. The molecular weight excluding hydrogens is 342 g/mol. The molecule has 132 valence electrons. The van der Waals surface area contributed by atoms with Gasteiger partial charge in [0.2, 0.25) is 0 Å². The van der Waals surface area contributed by atoms with Gasteiger partial charge in [0.05, 0.1) is 0 Å². The first-order valence-electron chi connectivity index (χ1n) is 8.42. The van der Waals surface area contributed by atoms with Crippen LogP contribution in [0.15, 0.2) is 83.8 Å². The molecule has 0 radical (unpaired) electrons. The molecular formula is C22H21NO2S. The average Bonchev–Trinajstić information content (AvgIpc) is 2.72. The molecule has 0 atom stereocenters. The molecule has 1 N–H and O–H groups in total. The second-order valence-corrected chi connectivity index (χ2v) is 6.71. The quantitative estimate of drug-likeness (QED) is 0.606.